The van der Waals surface area contributed by atoms with E-state index in [1.54, 1.807) is 29.6 Å². The lowest BCUT2D eigenvalue weighted by Gasteiger charge is -2.35. The lowest BCUT2D eigenvalue weighted by Crippen LogP contribution is -2.22. The van der Waals surface area contributed by atoms with Gasteiger partial charge in [-0.2, -0.15) is 35.3 Å². The van der Waals surface area contributed by atoms with E-state index in [0.717, 1.165) is 45.3 Å². The van der Waals surface area contributed by atoms with Crippen molar-refractivity contribution in [3.63, 3.8) is 0 Å². The van der Waals surface area contributed by atoms with E-state index in [4.69, 9.17) is 18.9 Å². The van der Waals surface area contributed by atoms with E-state index in [1.807, 2.05) is 18.0 Å². The zero-order valence-electron chi connectivity index (χ0n) is 54.5. The normalized spacial score (nSPS) is 14.1. The van der Waals surface area contributed by atoms with E-state index in [0.29, 0.717) is 37.4 Å². The maximum absolute atomic E-state index is 15.5. The molecule has 468 valence electrons. The summed E-state index contributed by atoms with van der Waals surface area (Å²) in [4.78, 5) is 31.8. The second kappa shape index (κ2) is 44.1. The van der Waals surface area contributed by atoms with Crippen LogP contribution in [0.3, 0.4) is 0 Å². The van der Waals surface area contributed by atoms with Crippen LogP contribution in [-0.2, 0) is 45.5 Å². The first-order valence-electron chi connectivity index (χ1n) is 31.0. The molecule has 0 atom stereocenters. The Balaban J connectivity index is 0.00000116. The maximum Gasteiger partial charge on any atom is 0.505 e. The Morgan fingerprint density at radius 2 is 0.926 bits per heavy atom. The molecule has 0 aliphatic carbocycles. The predicted octanol–water partition coefficient (Wildman–Crippen LogP) is 21.8. The van der Waals surface area contributed by atoms with Crippen LogP contribution in [-0.4, -0.2) is 71.8 Å². The number of rotatable bonds is 33. The van der Waals surface area contributed by atoms with E-state index in [-0.39, 0.29) is 39.5 Å². The van der Waals surface area contributed by atoms with Gasteiger partial charge < -0.3 is 23.6 Å². The van der Waals surface area contributed by atoms with Gasteiger partial charge in [0, 0.05) is 45.4 Å². The number of carbonyl (C=O) groups is 3. The van der Waals surface area contributed by atoms with Crippen LogP contribution in [0.1, 0.15) is 291 Å². The average Bonchev–Trinajstić information content (AvgIpc) is 3.46. The van der Waals surface area contributed by atoms with Crippen molar-refractivity contribution in [1.82, 2.24) is 0 Å². The number of unbranched alkanes of at least 4 members (excludes halogenated alkanes) is 18. The van der Waals surface area contributed by atoms with Crippen molar-refractivity contribution in [3.05, 3.63) is 70.3 Å². The number of esters is 2. The lowest BCUT2D eigenvalue weighted by atomic mass is 9.74. The third kappa shape index (κ3) is 36.9. The van der Waals surface area contributed by atoms with E-state index in [2.05, 4.69) is 139 Å². The number of carboxylic acid groups (broad SMARTS) is 1. The fraction of sp³-hybridized carbons (Fsp3) is 0.750. The highest BCUT2D eigenvalue weighted by Gasteiger charge is 2.37. The van der Waals surface area contributed by atoms with Gasteiger partial charge >= 0.3 is 26.6 Å². The van der Waals surface area contributed by atoms with E-state index < -0.39 is 14.7 Å². The van der Waals surface area contributed by atoms with Crippen molar-refractivity contribution >= 4 is 61.9 Å². The Hall–Kier alpha value is -2.40. The number of carbonyl (C=O) groups excluding carboxylic acids is 2. The van der Waals surface area contributed by atoms with Crippen LogP contribution in [0, 0.1) is 0 Å². The number of benzene rings is 2. The molecule has 0 fully saturated rings. The standard InChI is InChI=1S/C30H44FO2P.C16H32O2S.C15H30O2S.C7H12O2S/c1-18-21-14-19(27(2,3)4)16-23(29(8,9)10)25(21)32-34(31)33-26-22(18)15-20(28(5,6)7)17-24(26)30(11,12)13;1-3-4-5-6-7-8-9-10-11-12-14-19-15-13-16(17)18-2;1-2-3-4-5-6-7-8-9-10-11-13-18-14-12-15(16)17;1-3-5-9-7(8)4-6-10-2/h14-18H,1-13H3;3-15H2,1-2H3;2-14H2,1H3,(H,16,17);3H,1,4-6H2,2H3. The molecule has 81 heavy (non-hydrogen) atoms. The highest BCUT2D eigenvalue weighted by molar-refractivity contribution is 7.99. The number of ether oxygens (including phenoxy) is 2. The number of carboxylic acids is 1. The van der Waals surface area contributed by atoms with E-state index in [9.17, 15) is 14.4 Å². The number of hydrogen-bond acceptors (Lipinski definition) is 10. The van der Waals surface area contributed by atoms with Gasteiger partial charge in [-0.3, -0.25) is 14.4 Å². The number of aliphatic carboxylic acids is 1. The Labute approximate surface area is 510 Å². The molecule has 0 radical (unpaired) electrons. The Kier molecular flexibility index (Phi) is 42.8. The highest BCUT2D eigenvalue weighted by atomic mass is 32.2. The molecule has 3 rings (SSSR count). The van der Waals surface area contributed by atoms with Crippen LogP contribution in [0.2, 0.25) is 0 Å². The number of halogens is 1. The number of thioether (sulfide) groups is 3. The molecule has 8 nitrogen and oxygen atoms in total. The monoisotopic (exact) mass is 1210 g/mol. The van der Waals surface area contributed by atoms with E-state index in [1.165, 1.54) is 152 Å². The molecule has 0 bridgehead atoms. The van der Waals surface area contributed by atoms with Gasteiger partial charge in [0.15, 0.2) is 0 Å². The molecule has 0 aromatic heterocycles. The topological polar surface area (TPSA) is 108 Å². The van der Waals surface area contributed by atoms with Crippen molar-refractivity contribution in [3.8, 4) is 11.5 Å². The molecule has 0 unspecified atom stereocenters. The minimum absolute atomic E-state index is 0.0134. The first kappa shape index (κ1) is 78.6. The molecular formula is C68H118FO8PS3. The van der Waals surface area contributed by atoms with Crippen LogP contribution < -0.4 is 9.05 Å². The fourth-order valence-electron chi connectivity index (χ4n) is 8.87. The molecule has 0 saturated carbocycles. The molecule has 1 heterocycles. The van der Waals surface area contributed by atoms with Gasteiger partial charge in [0.25, 0.3) is 0 Å². The zero-order valence-corrected chi connectivity index (χ0v) is 57.9. The van der Waals surface area contributed by atoms with Crippen molar-refractivity contribution in [2.75, 3.05) is 48.7 Å². The fourth-order valence-corrected chi connectivity index (χ4v) is 11.8. The summed E-state index contributed by atoms with van der Waals surface area (Å²) in [7, 11) is -1.18. The molecule has 0 saturated heterocycles. The summed E-state index contributed by atoms with van der Waals surface area (Å²) < 4.78 is 36.9. The molecule has 2 aromatic rings. The van der Waals surface area contributed by atoms with Crippen LogP contribution in [0.4, 0.5) is 4.20 Å². The second-order valence-electron chi connectivity index (χ2n) is 25.8. The number of fused-ring (bicyclic) bond motifs is 2. The zero-order chi connectivity index (χ0) is 61.5. The Morgan fingerprint density at radius 1 is 0.568 bits per heavy atom. The summed E-state index contributed by atoms with van der Waals surface area (Å²) in [5, 5.41) is 8.48. The summed E-state index contributed by atoms with van der Waals surface area (Å²) in [6, 6.07) is 8.86. The van der Waals surface area contributed by atoms with Gasteiger partial charge in [0.05, 0.1) is 26.4 Å². The quantitative estimate of drug-likeness (QED) is 0.0319. The third-order valence-electron chi connectivity index (χ3n) is 14.1. The smallest absolute Gasteiger partial charge is 0.481 e. The summed E-state index contributed by atoms with van der Waals surface area (Å²) in [6.07, 6.45) is 32.4. The predicted molar refractivity (Wildman–Crippen MR) is 356 cm³/mol. The van der Waals surface area contributed by atoms with Gasteiger partial charge in [-0.1, -0.05) is 256 Å². The minimum Gasteiger partial charge on any atom is -0.481 e. The largest absolute Gasteiger partial charge is 0.505 e. The van der Waals surface area contributed by atoms with Crippen LogP contribution in [0.25, 0.3) is 0 Å². The molecule has 0 spiro atoms. The highest BCUT2D eigenvalue weighted by Crippen LogP contribution is 2.56. The first-order chi connectivity index (χ1) is 38.1. The number of hydrogen-bond donors (Lipinski definition) is 1. The van der Waals surface area contributed by atoms with Gasteiger partial charge in [0.1, 0.15) is 18.1 Å². The SMILES string of the molecule is C=CCOC(=O)CCSC.CC1c2cc(C(C)(C)C)cc(C(C)(C)C)c2OP(F)Oc2c1cc(C(C)(C)C)cc2C(C)(C)C.CCCCCCCCCCCCSCCC(=O)O.CCCCCCCCCCCCSCCC(=O)OC. The summed E-state index contributed by atoms with van der Waals surface area (Å²) in [5.74, 6) is 5.19. The van der Waals surface area contributed by atoms with Gasteiger partial charge in [-0.15, -0.1) is 4.20 Å². The van der Waals surface area contributed by atoms with Gasteiger partial charge in [-0.05, 0) is 63.4 Å². The van der Waals surface area contributed by atoms with Crippen LogP contribution in [0.15, 0.2) is 36.9 Å². The van der Waals surface area contributed by atoms with Crippen molar-refractivity contribution in [2.45, 2.75) is 279 Å². The van der Waals surface area contributed by atoms with E-state index >= 15 is 4.20 Å². The van der Waals surface area contributed by atoms with Crippen LogP contribution in [0.5, 0.6) is 11.5 Å². The maximum atomic E-state index is 15.5. The number of methoxy groups -OCH3 is 1. The Bertz CT molecular complexity index is 1930. The summed E-state index contributed by atoms with van der Waals surface area (Å²) in [6.45, 7) is 36.8. The van der Waals surface area contributed by atoms with Gasteiger partial charge in [0.2, 0.25) is 0 Å². The Morgan fingerprint density at radius 3 is 1.25 bits per heavy atom. The van der Waals surface area contributed by atoms with Crippen molar-refractivity contribution < 1.29 is 42.2 Å². The molecule has 1 aliphatic rings. The van der Waals surface area contributed by atoms with Gasteiger partial charge in [-0.25, -0.2) is 0 Å². The summed E-state index contributed by atoms with van der Waals surface area (Å²) in [5.41, 5.74) is 6.13. The lowest BCUT2D eigenvalue weighted by molar-refractivity contribution is -0.142. The molecular weight excluding hydrogens is 1090 g/mol. The van der Waals surface area contributed by atoms with Crippen molar-refractivity contribution in [1.29, 1.82) is 0 Å². The molecule has 1 N–H and O–H groups in total. The first-order valence-corrected chi connectivity index (χ1v) is 35.8. The second-order valence-corrected chi connectivity index (χ2v) is 30.0. The molecule has 2 aromatic carbocycles. The molecule has 0 amide bonds. The summed E-state index contributed by atoms with van der Waals surface area (Å²) >= 11 is 5.29. The van der Waals surface area contributed by atoms with Crippen molar-refractivity contribution in [2.24, 2.45) is 0 Å². The molecule has 1 aliphatic heterocycles. The minimum atomic E-state index is -2.63. The third-order valence-corrected chi connectivity index (χ3v) is 17.5. The average molecular weight is 1210 g/mol. The van der Waals surface area contributed by atoms with Crippen LogP contribution >= 0.6 is 44.0 Å². The molecule has 13 heteroatoms.